The maximum absolute atomic E-state index is 2.44. The van der Waals surface area contributed by atoms with E-state index in [4.69, 9.17) is 0 Å². The predicted molar refractivity (Wildman–Crippen MR) is 39.2 cm³/mol. The molecule has 9 heavy (non-hydrogen) atoms. The van der Waals surface area contributed by atoms with Gasteiger partial charge in [-0.15, -0.1) is 0 Å². The van der Waals surface area contributed by atoms with Crippen LogP contribution in [-0.4, -0.2) is 0 Å². The van der Waals surface area contributed by atoms with Crippen molar-refractivity contribution in [3.05, 3.63) is 12.2 Å². The minimum absolute atomic E-state index is 0.694. The van der Waals surface area contributed by atoms with Crippen LogP contribution in [0.5, 0.6) is 0 Å². The van der Waals surface area contributed by atoms with Crippen LogP contribution in [0.25, 0.3) is 0 Å². The van der Waals surface area contributed by atoms with Gasteiger partial charge in [0, 0.05) is 0 Å². The van der Waals surface area contributed by atoms with Crippen molar-refractivity contribution in [2.24, 2.45) is 11.3 Å². The van der Waals surface area contributed by atoms with Crippen LogP contribution in [-0.2, 0) is 0 Å². The summed E-state index contributed by atoms with van der Waals surface area (Å²) in [6.45, 7) is 2.35. The van der Waals surface area contributed by atoms with Crippen molar-refractivity contribution in [2.75, 3.05) is 0 Å². The largest absolute Gasteiger partial charge is 0.0842 e. The molecule has 0 heterocycles. The van der Waals surface area contributed by atoms with Crippen LogP contribution >= 0.6 is 0 Å². The SMILES string of the molecule is CC1C=CC12CCCC2. The maximum Gasteiger partial charge on any atom is -0.00580 e. The average molecular weight is 122 g/mol. The van der Waals surface area contributed by atoms with Crippen molar-refractivity contribution in [3.8, 4) is 0 Å². The van der Waals surface area contributed by atoms with Crippen molar-refractivity contribution in [1.82, 2.24) is 0 Å². The van der Waals surface area contributed by atoms with Crippen LogP contribution in [0.2, 0.25) is 0 Å². The maximum atomic E-state index is 2.44. The van der Waals surface area contributed by atoms with Crippen molar-refractivity contribution in [1.29, 1.82) is 0 Å². The van der Waals surface area contributed by atoms with E-state index in [2.05, 4.69) is 19.1 Å². The third kappa shape index (κ3) is 0.593. The highest BCUT2D eigenvalue weighted by molar-refractivity contribution is 5.18. The molecule has 1 fully saturated rings. The number of allylic oxidation sites excluding steroid dienone is 2. The van der Waals surface area contributed by atoms with Gasteiger partial charge in [0.1, 0.15) is 0 Å². The molecule has 0 aromatic rings. The molecule has 1 unspecified atom stereocenters. The molecule has 0 heteroatoms. The van der Waals surface area contributed by atoms with Crippen molar-refractivity contribution >= 4 is 0 Å². The quantitative estimate of drug-likeness (QED) is 0.433. The molecule has 2 aliphatic rings. The van der Waals surface area contributed by atoms with Crippen LogP contribution in [0.3, 0.4) is 0 Å². The van der Waals surface area contributed by atoms with Gasteiger partial charge in [-0.2, -0.15) is 0 Å². The molecule has 50 valence electrons. The van der Waals surface area contributed by atoms with Gasteiger partial charge in [0.15, 0.2) is 0 Å². The van der Waals surface area contributed by atoms with Gasteiger partial charge in [-0.25, -0.2) is 0 Å². The van der Waals surface area contributed by atoms with E-state index in [-0.39, 0.29) is 0 Å². The Labute approximate surface area is 57.0 Å². The van der Waals surface area contributed by atoms with Crippen LogP contribution in [0.1, 0.15) is 32.6 Å². The highest BCUT2D eigenvalue weighted by Gasteiger charge is 2.40. The summed E-state index contributed by atoms with van der Waals surface area (Å²) in [4.78, 5) is 0. The van der Waals surface area contributed by atoms with Gasteiger partial charge in [0.05, 0.1) is 0 Å². The van der Waals surface area contributed by atoms with Gasteiger partial charge in [0.25, 0.3) is 0 Å². The molecule has 0 amide bonds. The topological polar surface area (TPSA) is 0 Å². The number of hydrogen-bond acceptors (Lipinski definition) is 0. The summed E-state index contributed by atoms with van der Waals surface area (Å²) < 4.78 is 0. The zero-order valence-corrected chi connectivity index (χ0v) is 6.06. The Bertz CT molecular complexity index is 138. The molecular formula is C9H14. The summed E-state index contributed by atoms with van der Waals surface area (Å²) in [5.74, 6) is 0.889. The molecule has 0 bridgehead atoms. The second kappa shape index (κ2) is 1.62. The number of rotatable bonds is 0. The lowest BCUT2D eigenvalue weighted by Crippen LogP contribution is -2.28. The van der Waals surface area contributed by atoms with Gasteiger partial charge < -0.3 is 0 Å². The Morgan fingerprint density at radius 3 is 2.22 bits per heavy atom. The lowest BCUT2D eigenvalue weighted by Gasteiger charge is -2.38. The second-order valence-electron chi connectivity index (χ2n) is 3.59. The third-order valence-electron chi connectivity index (χ3n) is 3.16. The van der Waals surface area contributed by atoms with Crippen LogP contribution in [0.15, 0.2) is 12.2 Å². The number of hydrogen-bond donors (Lipinski definition) is 0. The van der Waals surface area contributed by atoms with Crippen LogP contribution in [0, 0.1) is 11.3 Å². The third-order valence-corrected chi connectivity index (χ3v) is 3.16. The Balaban J connectivity index is 2.17. The summed E-state index contributed by atoms with van der Waals surface area (Å²) in [5, 5.41) is 0. The van der Waals surface area contributed by atoms with Gasteiger partial charge in [-0.1, -0.05) is 31.9 Å². The standard InChI is InChI=1S/C9H14/c1-8-4-7-9(8)5-2-3-6-9/h4,7-8H,2-3,5-6H2,1H3. The first-order chi connectivity index (χ1) is 4.33. The summed E-state index contributed by atoms with van der Waals surface area (Å²) >= 11 is 0. The lowest BCUT2D eigenvalue weighted by molar-refractivity contribution is 0.262. The smallest absolute Gasteiger partial charge is 0.00580 e. The monoisotopic (exact) mass is 122 g/mol. The zero-order valence-electron chi connectivity index (χ0n) is 6.06. The molecule has 2 aliphatic carbocycles. The van der Waals surface area contributed by atoms with Gasteiger partial charge in [-0.3, -0.25) is 0 Å². The fraction of sp³-hybridized carbons (Fsp3) is 0.778. The molecule has 0 saturated heterocycles. The van der Waals surface area contributed by atoms with E-state index in [1.165, 1.54) is 25.7 Å². The van der Waals surface area contributed by atoms with Gasteiger partial charge in [-0.05, 0) is 24.2 Å². The van der Waals surface area contributed by atoms with Crippen molar-refractivity contribution in [2.45, 2.75) is 32.6 Å². The highest BCUT2D eigenvalue weighted by atomic mass is 14.4. The fourth-order valence-electron chi connectivity index (χ4n) is 2.22. The normalized spacial score (nSPS) is 37.2. The van der Waals surface area contributed by atoms with E-state index in [9.17, 15) is 0 Å². The van der Waals surface area contributed by atoms with E-state index >= 15 is 0 Å². The molecule has 0 N–H and O–H groups in total. The molecule has 1 atom stereocenters. The average Bonchev–Trinajstić information content (AvgIpc) is 2.34. The van der Waals surface area contributed by atoms with Gasteiger partial charge in [0.2, 0.25) is 0 Å². The molecule has 1 saturated carbocycles. The summed E-state index contributed by atoms with van der Waals surface area (Å²) in [7, 11) is 0. The first-order valence-electron chi connectivity index (χ1n) is 4.03. The molecular weight excluding hydrogens is 108 g/mol. The molecule has 2 rings (SSSR count). The Morgan fingerprint density at radius 2 is 2.00 bits per heavy atom. The second-order valence-corrected chi connectivity index (χ2v) is 3.59. The molecule has 0 radical (unpaired) electrons. The Kier molecular flexibility index (Phi) is 0.992. The van der Waals surface area contributed by atoms with E-state index in [0.29, 0.717) is 5.41 Å². The molecule has 0 aromatic heterocycles. The first-order valence-corrected chi connectivity index (χ1v) is 4.03. The highest BCUT2D eigenvalue weighted by Crippen LogP contribution is 2.51. The van der Waals surface area contributed by atoms with Crippen LogP contribution in [0.4, 0.5) is 0 Å². The molecule has 1 spiro atoms. The molecule has 0 aromatic carbocycles. The van der Waals surface area contributed by atoms with E-state index in [1.807, 2.05) is 0 Å². The minimum Gasteiger partial charge on any atom is -0.0842 e. The fourth-order valence-corrected chi connectivity index (χ4v) is 2.22. The van der Waals surface area contributed by atoms with E-state index in [1.54, 1.807) is 0 Å². The minimum atomic E-state index is 0.694. The zero-order chi connectivity index (χ0) is 6.32. The van der Waals surface area contributed by atoms with Crippen molar-refractivity contribution < 1.29 is 0 Å². The summed E-state index contributed by atoms with van der Waals surface area (Å²) in [5.41, 5.74) is 0.694. The molecule has 0 nitrogen and oxygen atoms in total. The predicted octanol–water partition coefficient (Wildman–Crippen LogP) is 2.75. The van der Waals surface area contributed by atoms with Crippen molar-refractivity contribution in [3.63, 3.8) is 0 Å². The Hall–Kier alpha value is -0.260. The first kappa shape index (κ1) is 5.52. The summed E-state index contributed by atoms with van der Waals surface area (Å²) in [6.07, 6.45) is 10.6. The molecule has 0 aliphatic heterocycles. The lowest BCUT2D eigenvalue weighted by atomic mass is 9.67. The Morgan fingerprint density at radius 1 is 1.33 bits per heavy atom. The van der Waals surface area contributed by atoms with E-state index < -0.39 is 0 Å². The van der Waals surface area contributed by atoms with Gasteiger partial charge >= 0.3 is 0 Å². The van der Waals surface area contributed by atoms with Crippen LogP contribution < -0.4 is 0 Å². The summed E-state index contributed by atoms with van der Waals surface area (Å²) in [6, 6.07) is 0. The van der Waals surface area contributed by atoms with E-state index in [0.717, 1.165) is 5.92 Å².